The topological polar surface area (TPSA) is 92.4 Å². The lowest BCUT2D eigenvalue weighted by atomic mass is 9.95. The van der Waals surface area contributed by atoms with Crippen molar-refractivity contribution >= 4 is 5.91 Å². The molecule has 3 heterocycles. The second kappa shape index (κ2) is 8.91. The van der Waals surface area contributed by atoms with E-state index in [1.807, 2.05) is 0 Å². The van der Waals surface area contributed by atoms with Crippen molar-refractivity contribution in [2.45, 2.75) is 25.1 Å². The van der Waals surface area contributed by atoms with Crippen LogP contribution < -0.4 is 0 Å². The van der Waals surface area contributed by atoms with Crippen molar-refractivity contribution in [3.8, 4) is 11.5 Å². The molecule has 2 aromatic heterocycles. The third-order valence-corrected chi connectivity index (χ3v) is 5.75. The molecule has 11 heteroatoms. The van der Waals surface area contributed by atoms with Crippen LogP contribution in [0.2, 0.25) is 0 Å². The van der Waals surface area contributed by atoms with Gasteiger partial charge in [-0.3, -0.25) is 4.79 Å². The van der Waals surface area contributed by atoms with E-state index in [4.69, 9.17) is 4.42 Å². The number of aliphatic hydroxyl groups is 1. The van der Waals surface area contributed by atoms with Gasteiger partial charge in [0.1, 0.15) is 11.9 Å². The zero-order chi connectivity index (χ0) is 24.7. The summed E-state index contributed by atoms with van der Waals surface area (Å²) in [6.45, 7) is 0.105. The quantitative estimate of drug-likeness (QED) is 0.313. The van der Waals surface area contributed by atoms with Gasteiger partial charge in [-0.25, -0.2) is 9.37 Å². The van der Waals surface area contributed by atoms with Gasteiger partial charge in [0.15, 0.2) is 0 Å². The molecular formula is C24H16F4N4O3. The fraction of sp³-hybridized carbons (Fsp3) is 0.167. The number of nitrogens with zero attached hydrogens (tertiary/aromatic N) is 4. The summed E-state index contributed by atoms with van der Waals surface area (Å²) in [4.78, 5) is 18.4. The monoisotopic (exact) mass is 484 g/mol. The fourth-order valence-corrected chi connectivity index (χ4v) is 4.06. The number of pyridine rings is 1. The minimum Gasteiger partial charge on any atom is -0.415 e. The normalized spacial score (nSPS) is 14.9. The molecule has 1 unspecified atom stereocenters. The molecule has 1 aliphatic heterocycles. The molecule has 0 bridgehead atoms. The van der Waals surface area contributed by atoms with Gasteiger partial charge < -0.3 is 14.4 Å². The number of hydrogen-bond donors (Lipinski definition) is 1. The summed E-state index contributed by atoms with van der Waals surface area (Å²) in [6, 6.07) is 11.4. The van der Waals surface area contributed by atoms with Crippen molar-refractivity contribution in [2.75, 3.05) is 0 Å². The van der Waals surface area contributed by atoms with E-state index in [0.717, 1.165) is 6.07 Å². The Kier molecular flexibility index (Phi) is 5.77. The molecule has 0 saturated carbocycles. The molecule has 0 radical (unpaired) electrons. The third kappa shape index (κ3) is 4.26. The van der Waals surface area contributed by atoms with Gasteiger partial charge in [0, 0.05) is 29.4 Å². The SMILES string of the molecule is O=C1c2cc(-c3nnc(C(F)F)o3)ccc2CN1[C@H](c1ccc(F)cc1)C(O)c1ccc(F)nc1. The summed E-state index contributed by atoms with van der Waals surface area (Å²) in [6.07, 6.45) is -3.07. The first-order valence-corrected chi connectivity index (χ1v) is 10.4. The number of fused-ring (bicyclic) bond motifs is 1. The lowest BCUT2D eigenvalue weighted by Gasteiger charge is -2.32. The van der Waals surface area contributed by atoms with E-state index in [9.17, 15) is 27.5 Å². The average molecular weight is 484 g/mol. The summed E-state index contributed by atoms with van der Waals surface area (Å²) < 4.78 is 57.5. The molecule has 1 amide bonds. The van der Waals surface area contributed by atoms with E-state index < -0.39 is 42.1 Å². The minimum atomic E-state index is -2.93. The molecule has 2 atom stereocenters. The first-order valence-electron chi connectivity index (χ1n) is 10.4. The molecule has 4 aromatic rings. The van der Waals surface area contributed by atoms with Crippen molar-refractivity contribution in [1.29, 1.82) is 0 Å². The Hall–Kier alpha value is -4.12. The molecule has 1 N–H and O–H groups in total. The van der Waals surface area contributed by atoms with Crippen LogP contribution in [0.5, 0.6) is 0 Å². The zero-order valence-corrected chi connectivity index (χ0v) is 17.8. The highest BCUT2D eigenvalue weighted by Gasteiger charge is 2.38. The highest BCUT2D eigenvalue weighted by Crippen LogP contribution is 2.40. The summed E-state index contributed by atoms with van der Waals surface area (Å²) in [5, 5.41) is 18.1. The van der Waals surface area contributed by atoms with Gasteiger partial charge in [0.2, 0.25) is 11.8 Å². The molecule has 2 aromatic carbocycles. The van der Waals surface area contributed by atoms with Gasteiger partial charge >= 0.3 is 6.43 Å². The lowest BCUT2D eigenvalue weighted by molar-refractivity contribution is 0.0358. The number of aliphatic hydroxyl groups excluding tert-OH is 1. The van der Waals surface area contributed by atoms with Crippen molar-refractivity contribution < 1.29 is 31.9 Å². The van der Waals surface area contributed by atoms with E-state index in [0.29, 0.717) is 11.1 Å². The number of alkyl halides is 2. The molecule has 0 spiro atoms. The summed E-state index contributed by atoms with van der Waals surface area (Å²) in [5.74, 6) is -2.68. The molecule has 35 heavy (non-hydrogen) atoms. The Labute approximate surface area is 195 Å². The molecule has 0 aliphatic carbocycles. The minimum absolute atomic E-state index is 0.105. The molecule has 178 valence electrons. The number of benzene rings is 2. The molecule has 0 fully saturated rings. The summed E-state index contributed by atoms with van der Waals surface area (Å²) in [5.41, 5.74) is 1.86. The van der Waals surface area contributed by atoms with Gasteiger partial charge in [-0.1, -0.05) is 24.3 Å². The van der Waals surface area contributed by atoms with Crippen molar-refractivity contribution in [3.05, 3.63) is 101 Å². The van der Waals surface area contributed by atoms with Crippen LogP contribution in [-0.2, 0) is 6.54 Å². The second-order valence-corrected chi connectivity index (χ2v) is 7.91. The van der Waals surface area contributed by atoms with E-state index in [2.05, 4.69) is 15.2 Å². The van der Waals surface area contributed by atoms with Crippen LogP contribution in [0.15, 0.2) is 65.2 Å². The Morgan fingerprint density at radius 2 is 1.71 bits per heavy atom. The number of amides is 1. The van der Waals surface area contributed by atoms with Crippen LogP contribution in [-0.4, -0.2) is 31.1 Å². The molecule has 0 saturated heterocycles. The number of aromatic nitrogens is 3. The van der Waals surface area contributed by atoms with Gasteiger partial charge in [0.05, 0.1) is 6.04 Å². The van der Waals surface area contributed by atoms with Gasteiger partial charge in [-0.05, 0) is 41.5 Å². The molecule has 5 rings (SSSR count). The first kappa shape index (κ1) is 22.7. The lowest BCUT2D eigenvalue weighted by Crippen LogP contribution is -2.33. The highest BCUT2D eigenvalue weighted by atomic mass is 19.3. The summed E-state index contributed by atoms with van der Waals surface area (Å²) >= 11 is 0. The fourth-order valence-electron chi connectivity index (χ4n) is 4.06. The van der Waals surface area contributed by atoms with Crippen LogP contribution in [0.4, 0.5) is 17.6 Å². The summed E-state index contributed by atoms with van der Waals surface area (Å²) in [7, 11) is 0. The number of halogens is 4. The van der Waals surface area contributed by atoms with Crippen LogP contribution in [0.3, 0.4) is 0 Å². The molecule has 1 aliphatic rings. The Balaban J connectivity index is 1.51. The van der Waals surface area contributed by atoms with E-state index in [1.54, 1.807) is 12.1 Å². The maximum Gasteiger partial charge on any atom is 0.314 e. The van der Waals surface area contributed by atoms with E-state index in [-0.39, 0.29) is 29.1 Å². The average Bonchev–Trinajstić information content (AvgIpc) is 3.47. The Morgan fingerprint density at radius 3 is 2.37 bits per heavy atom. The smallest absolute Gasteiger partial charge is 0.314 e. The van der Waals surface area contributed by atoms with Crippen LogP contribution in [0.25, 0.3) is 11.5 Å². The van der Waals surface area contributed by atoms with Crippen LogP contribution >= 0.6 is 0 Å². The highest BCUT2D eigenvalue weighted by molar-refractivity contribution is 5.99. The first-order chi connectivity index (χ1) is 16.8. The maximum absolute atomic E-state index is 13.6. The number of rotatable bonds is 6. The number of carbonyl (C=O) groups excluding carboxylic acids is 1. The van der Waals surface area contributed by atoms with Gasteiger partial charge in [-0.15, -0.1) is 10.2 Å². The second-order valence-electron chi connectivity index (χ2n) is 7.91. The van der Waals surface area contributed by atoms with E-state index in [1.165, 1.54) is 47.5 Å². The molecular weight excluding hydrogens is 468 g/mol. The Bertz CT molecular complexity index is 1380. The number of carbonyl (C=O) groups is 1. The van der Waals surface area contributed by atoms with Crippen molar-refractivity contribution in [2.24, 2.45) is 0 Å². The maximum atomic E-state index is 13.6. The van der Waals surface area contributed by atoms with Crippen LogP contribution in [0.1, 0.15) is 51.5 Å². The predicted molar refractivity (Wildman–Crippen MR) is 113 cm³/mol. The van der Waals surface area contributed by atoms with Gasteiger partial charge in [0.25, 0.3) is 11.8 Å². The predicted octanol–water partition coefficient (Wildman–Crippen LogP) is 4.78. The largest absolute Gasteiger partial charge is 0.415 e. The van der Waals surface area contributed by atoms with E-state index >= 15 is 0 Å². The van der Waals surface area contributed by atoms with Crippen molar-refractivity contribution in [1.82, 2.24) is 20.1 Å². The third-order valence-electron chi connectivity index (χ3n) is 5.75. The molecule has 7 nitrogen and oxygen atoms in total. The standard InChI is InChI=1S/C24H16F4N4O3/c25-16-6-3-12(4-7-16)19(20(33)14-5-8-18(26)29-10-14)32-11-15-2-1-13(9-17(15)24(32)34)22-30-31-23(35-22)21(27)28/h1-10,19-21,33H,11H2/t19-,20?/m1/s1. The zero-order valence-electron chi connectivity index (χ0n) is 17.8. The van der Waals surface area contributed by atoms with Crippen LogP contribution in [0, 0.1) is 11.8 Å². The Morgan fingerprint density at radius 1 is 0.971 bits per heavy atom. The number of hydrogen-bond acceptors (Lipinski definition) is 6. The van der Waals surface area contributed by atoms with Crippen molar-refractivity contribution in [3.63, 3.8) is 0 Å². The van der Waals surface area contributed by atoms with Gasteiger partial charge in [-0.2, -0.15) is 13.2 Å².